The van der Waals surface area contributed by atoms with Crippen LogP contribution in [0.3, 0.4) is 0 Å². The Kier molecular flexibility index (Phi) is 3.02. The summed E-state index contributed by atoms with van der Waals surface area (Å²) in [6, 6.07) is 11.8. The summed E-state index contributed by atoms with van der Waals surface area (Å²) in [5, 5.41) is 0. The number of benzene rings is 1. The molecule has 0 saturated heterocycles. The molecule has 2 aromatic heterocycles. The first-order chi connectivity index (χ1) is 9.63. The molecule has 0 aliphatic heterocycles. The molecule has 5 nitrogen and oxygen atoms in total. The predicted molar refractivity (Wildman–Crippen MR) is 81.9 cm³/mol. The zero-order chi connectivity index (χ0) is 14.1. The largest absolute Gasteiger partial charge is 0.398 e. The van der Waals surface area contributed by atoms with Gasteiger partial charge in [-0.25, -0.2) is 9.97 Å². The second-order valence-electron chi connectivity index (χ2n) is 4.99. The lowest BCUT2D eigenvalue weighted by molar-refractivity contribution is 1.03. The molecule has 0 spiro atoms. The van der Waals surface area contributed by atoms with Crippen LogP contribution in [-0.2, 0) is 6.42 Å². The van der Waals surface area contributed by atoms with E-state index in [1.165, 1.54) is 0 Å². The maximum atomic E-state index is 5.96. The lowest BCUT2D eigenvalue weighted by atomic mass is 10.1. The van der Waals surface area contributed by atoms with Crippen LogP contribution in [0, 0.1) is 0 Å². The van der Waals surface area contributed by atoms with Crippen molar-refractivity contribution in [3.63, 3.8) is 0 Å². The van der Waals surface area contributed by atoms with Crippen LogP contribution >= 0.6 is 0 Å². The summed E-state index contributed by atoms with van der Waals surface area (Å²) >= 11 is 0. The Labute approximate surface area is 117 Å². The minimum atomic E-state index is 0.681. The molecule has 3 N–H and O–H groups in total. The topological polar surface area (TPSA) is 70.8 Å². The van der Waals surface area contributed by atoms with Gasteiger partial charge in [-0.1, -0.05) is 18.2 Å². The van der Waals surface area contributed by atoms with Gasteiger partial charge in [0, 0.05) is 26.2 Å². The van der Waals surface area contributed by atoms with E-state index in [0.717, 1.165) is 34.1 Å². The molecule has 2 heterocycles. The number of nitrogen functional groups attached to an aromatic ring is 1. The van der Waals surface area contributed by atoms with Crippen LogP contribution in [0.25, 0.3) is 11.2 Å². The fourth-order valence-electron chi connectivity index (χ4n) is 2.14. The number of imidazole rings is 1. The number of fused-ring (bicyclic) bond motifs is 1. The summed E-state index contributed by atoms with van der Waals surface area (Å²) in [6.07, 6.45) is 0.681. The molecule has 5 heteroatoms. The first-order valence-corrected chi connectivity index (χ1v) is 6.50. The van der Waals surface area contributed by atoms with Crippen LogP contribution in [0.5, 0.6) is 0 Å². The van der Waals surface area contributed by atoms with E-state index >= 15 is 0 Å². The Hall–Kier alpha value is -2.56. The highest BCUT2D eigenvalue weighted by atomic mass is 15.1. The number of nitrogens with two attached hydrogens (primary N) is 1. The quantitative estimate of drug-likeness (QED) is 0.714. The van der Waals surface area contributed by atoms with Crippen molar-refractivity contribution in [3.8, 4) is 0 Å². The van der Waals surface area contributed by atoms with Crippen molar-refractivity contribution in [2.75, 3.05) is 24.7 Å². The lowest BCUT2D eigenvalue weighted by Crippen LogP contribution is -2.10. The average Bonchev–Trinajstić information content (AvgIpc) is 2.82. The molecule has 3 aromatic rings. The molecule has 0 aliphatic carbocycles. The number of nitrogens with zero attached hydrogens (tertiary/aromatic N) is 3. The molecule has 0 aliphatic rings. The number of aromatic amines is 1. The molecule has 1 aromatic carbocycles. The van der Waals surface area contributed by atoms with E-state index in [9.17, 15) is 0 Å². The van der Waals surface area contributed by atoms with Gasteiger partial charge >= 0.3 is 0 Å². The first-order valence-electron chi connectivity index (χ1n) is 6.50. The molecule has 0 unspecified atom stereocenters. The normalized spacial score (nSPS) is 10.9. The monoisotopic (exact) mass is 267 g/mol. The van der Waals surface area contributed by atoms with Crippen molar-refractivity contribution >= 4 is 22.7 Å². The standard InChI is InChI=1S/C15H17N5/c1-20(2)14-8-7-12-15(19-14)18-13(17-12)9-10-5-3-4-6-11(10)16/h3-8H,9,16H2,1-2H3,(H,17,18,19). The summed E-state index contributed by atoms with van der Waals surface area (Å²) in [5.41, 5.74) is 9.50. The molecular formula is C15H17N5. The Morgan fingerprint density at radius 1 is 1.10 bits per heavy atom. The van der Waals surface area contributed by atoms with Crippen LogP contribution in [-0.4, -0.2) is 29.0 Å². The van der Waals surface area contributed by atoms with E-state index in [2.05, 4.69) is 15.0 Å². The molecule has 3 rings (SSSR count). The maximum Gasteiger partial charge on any atom is 0.179 e. The zero-order valence-electron chi connectivity index (χ0n) is 11.6. The molecule has 0 fully saturated rings. The first kappa shape index (κ1) is 12.5. The number of hydrogen-bond acceptors (Lipinski definition) is 4. The van der Waals surface area contributed by atoms with Gasteiger partial charge in [-0.05, 0) is 23.8 Å². The number of nitrogens with one attached hydrogen (secondary N) is 1. The van der Waals surface area contributed by atoms with Crippen LogP contribution in [0.1, 0.15) is 11.4 Å². The van der Waals surface area contributed by atoms with Gasteiger partial charge < -0.3 is 15.6 Å². The number of pyridine rings is 1. The molecule has 0 radical (unpaired) electrons. The van der Waals surface area contributed by atoms with Gasteiger partial charge in [0.25, 0.3) is 0 Å². The third kappa shape index (κ3) is 2.30. The Morgan fingerprint density at radius 2 is 1.90 bits per heavy atom. The minimum Gasteiger partial charge on any atom is -0.398 e. The fourth-order valence-corrected chi connectivity index (χ4v) is 2.14. The highest BCUT2D eigenvalue weighted by molar-refractivity contribution is 5.73. The molecule has 20 heavy (non-hydrogen) atoms. The highest BCUT2D eigenvalue weighted by Crippen LogP contribution is 2.18. The van der Waals surface area contributed by atoms with Gasteiger partial charge in [-0.15, -0.1) is 0 Å². The second kappa shape index (κ2) is 4.85. The molecule has 0 amide bonds. The van der Waals surface area contributed by atoms with E-state index < -0.39 is 0 Å². The third-order valence-electron chi connectivity index (χ3n) is 3.25. The van der Waals surface area contributed by atoms with E-state index in [1.54, 1.807) is 0 Å². The fraction of sp³-hybridized carbons (Fsp3) is 0.200. The number of para-hydroxylation sites is 1. The van der Waals surface area contributed by atoms with Crippen LogP contribution < -0.4 is 10.6 Å². The third-order valence-corrected chi connectivity index (χ3v) is 3.25. The second-order valence-corrected chi connectivity index (χ2v) is 4.99. The van der Waals surface area contributed by atoms with Crippen LogP contribution in [0.15, 0.2) is 36.4 Å². The number of aromatic nitrogens is 3. The summed E-state index contributed by atoms with van der Waals surface area (Å²) in [7, 11) is 3.93. The predicted octanol–water partition coefficient (Wildman–Crippen LogP) is 2.20. The van der Waals surface area contributed by atoms with Crippen molar-refractivity contribution in [2.45, 2.75) is 6.42 Å². The van der Waals surface area contributed by atoms with E-state index in [1.807, 2.05) is 55.4 Å². The summed E-state index contributed by atoms with van der Waals surface area (Å²) in [5.74, 6) is 1.77. The van der Waals surface area contributed by atoms with Crippen molar-refractivity contribution in [1.82, 2.24) is 15.0 Å². The van der Waals surface area contributed by atoms with Crippen molar-refractivity contribution in [2.24, 2.45) is 0 Å². The van der Waals surface area contributed by atoms with E-state index in [-0.39, 0.29) is 0 Å². The number of H-pyrrole nitrogens is 1. The SMILES string of the molecule is CN(C)c1ccc2[nH]c(Cc3ccccc3N)nc2n1. The Bertz CT molecular complexity index is 745. The summed E-state index contributed by atoms with van der Waals surface area (Å²) in [4.78, 5) is 14.3. The molecule has 0 bridgehead atoms. The van der Waals surface area contributed by atoms with Gasteiger partial charge in [0.1, 0.15) is 11.6 Å². The van der Waals surface area contributed by atoms with E-state index in [0.29, 0.717) is 6.42 Å². The zero-order valence-corrected chi connectivity index (χ0v) is 11.6. The highest BCUT2D eigenvalue weighted by Gasteiger charge is 2.08. The number of hydrogen-bond donors (Lipinski definition) is 2. The van der Waals surface area contributed by atoms with Gasteiger partial charge in [0.2, 0.25) is 0 Å². The lowest BCUT2D eigenvalue weighted by Gasteiger charge is -2.09. The van der Waals surface area contributed by atoms with Gasteiger partial charge in [-0.3, -0.25) is 0 Å². The number of rotatable bonds is 3. The van der Waals surface area contributed by atoms with E-state index in [4.69, 9.17) is 5.73 Å². The van der Waals surface area contributed by atoms with Crippen molar-refractivity contribution in [3.05, 3.63) is 47.8 Å². The molecular weight excluding hydrogens is 250 g/mol. The molecule has 0 saturated carbocycles. The summed E-state index contributed by atoms with van der Waals surface area (Å²) < 4.78 is 0. The Morgan fingerprint density at radius 3 is 2.65 bits per heavy atom. The van der Waals surface area contributed by atoms with Crippen molar-refractivity contribution < 1.29 is 0 Å². The van der Waals surface area contributed by atoms with Crippen LogP contribution in [0.2, 0.25) is 0 Å². The molecule has 0 atom stereocenters. The average molecular weight is 267 g/mol. The summed E-state index contributed by atoms with van der Waals surface area (Å²) in [6.45, 7) is 0. The Balaban J connectivity index is 1.95. The van der Waals surface area contributed by atoms with Gasteiger partial charge in [0.05, 0.1) is 5.52 Å². The number of anilines is 2. The maximum absolute atomic E-state index is 5.96. The van der Waals surface area contributed by atoms with Crippen molar-refractivity contribution in [1.29, 1.82) is 0 Å². The minimum absolute atomic E-state index is 0.681. The van der Waals surface area contributed by atoms with Crippen LogP contribution in [0.4, 0.5) is 11.5 Å². The molecule has 102 valence electrons. The van der Waals surface area contributed by atoms with Gasteiger partial charge in [0.15, 0.2) is 5.65 Å². The van der Waals surface area contributed by atoms with Gasteiger partial charge in [-0.2, -0.15) is 0 Å². The smallest absolute Gasteiger partial charge is 0.179 e.